The number of ketones is 1. The molecule has 1 rings (SSSR count). The average molecular weight is 196 g/mol. The highest BCUT2D eigenvalue weighted by Gasteiger charge is 2.08. The van der Waals surface area contributed by atoms with E-state index in [1.807, 2.05) is 13.8 Å². The number of Topliss-reactive ketones (excluding diaryl/α,β-unsaturated/α-hetero) is 1. The number of hydrogen-bond acceptors (Lipinski definition) is 3. The van der Waals surface area contributed by atoms with Gasteiger partial charge in [0.25, 0.3) is 0 Å². The Morgan fingerprint density at radius 2 is 1.93 bits per heavy atom. The van der Waals surface area contributed by atoms with Crippen LogP contribution in [0.25, 0.3) is 0 Å². The largest absolute Gasteiger partial charge is 0.299 e. The van der Waals surface area contributed by atoms with E-state index in [4.69, 9.17) is 0 Å². The fraction of sp³-hybridized carbons (Fsp3) is 0.818. The summed E-state index contributed by atoms with van der Waals surface area (Å²) >= 11 is 0. The minimum Gasteiger partial charge on any atom is -0.299 e. The molecular weight excluding hydrogens is 176 g/mol. The SMILES string of the molecule is CCC(=O)CC(C)=NN1CCCCC1. The Balaban J connectivity index is 2.37. The average Bonchev–Trinajstić information content (AvgIpc) is 2.19. The number of rotatable bonds is 4. The molecule has 0 aromatic rings. The van der Waals surface area contributed by atoms with Crippen molar-refractivity contribution in [2.24, 2.45) is 5.10 Å². The lowest BCUT2D eigenvalue weighted by molar-refractivity contribution is -0.117. The van der Waals surface area contributed by atoms with Crippen molar-refractivity contribution in [2.75, 3.05) is 13.1 Å². The Labute approximate surface area is 86.2 Å². The first kappa shape index (κ1) is 11.2. The molecule has 1 heterocycles. The Hall–Kier alpha value is -0.860. The summed E-state index contributed by atoms with van der Waals surface area (Å²) in [5.41, 5.74) is 0.957. The molecule has 3 heteroatoms. The molecule has 1 saturated heterocycles. The van der Waals surface area contributed by atoms with Crippen molar-refractivity contribution in [3.63, 3.8) is 0 Å². The number of nitrogens with zero attached hydrogens (tertiary/aromatic N) is 2. The van der Waals surface area contributed by atoms with Crippen molar-refractivity contribution >= 4 is 11.5 Å². The molecule has 1 aliphatic heterocycles. The van der Waals surface area contributed by atoms with Crippen LogP contribution in [-0.4, -0.2) is 29.6 Å². The van der Waals surface area contributed by atoms with Gasteiger partial charge in [-0.3, -0.25) is 9.80 Å². The summed E-state index contributed by atoms with van der Waals surface area (Å²) in [5, 5.41) is 6.55. The minimum atomic E-state index is 0.281. The van der Waals surface area contributed by atoms with E-state index < -0.39 is 0 Å². The minimum absolute atomic E-state index is 0.281. The second-order valence-corrected chi connectivity index (χ2v) is 3.92. The summed E-state index contributed by atoms with van der Waals surface area (Å²) in [5.74, 6) is 0.281. The number of carbonyl (C=O) groups is 1. The normalized spacial score (nSPS) is 18.4. The van der Waals surface area contributed by atoms with E-state index in [1.165, 1.54) is 19.3 Å². The van der Waals surface area contributed by atoms with E-state index in [-0.39, 0.29) is 5.78 Å². The van der Waals surface area contributed by atoms with Crippen LogP contribution in [0.1, 0.15) is 46.0 Å². The fourth-order valence-corrected chi connectivity index (χ4v) is 1.66. The quantitative estimate of drug-likeness (QED) is 0.646. The van der Waals surface area contributed by atoms with E-state index in [0.29, 0.717) is 12.8 Å². The van der Waals surface area contributed by atoms with Gasteiger partial charge in [-0.1, -0.05) is 6.92 Å². The van der Waals surface area contributed by atoms with Crippen LogP contribution in [-0.2, 0) is 4.79 Å². The van der Waals surface area contributed by atoms with Gasteiger partial charge in [-0.05, 0) is 26.2 Å². The maximum absolute atomic E-state index is 11.2. The van der Waals surface area contributed by atoms with Gasteiger partial charge < -0.3 is 0 Å². The molecule has 0 bridgehead atoms. The van der Waals surface area contributed by atoms with Crippen LogP contribution >= 0.6 is 0 Å². The standard InChI is InChI=1S/C11H20N2O/c1-3-11(14)9-10(2)12-13-7-5-4-6-8-13/h3-9H2,1-2H3. The summed E-state index contributed by atoms with van der Waals surface area (Å²) in [6.07, 6.45) is 4.93. The molecule has 0 amide bonds. The first-order chi connectivity index (χ1) is 6.72. The highest BCUT2D eigenvalue weighted by atomic mass is 16.1. The third-order valence-electron chi connectivity index (χ3n) is 2.49. The molecule has 1 fully saturated rings. The van der Waals surface area contributed by atoms with Crippen molar-refractivity contribution in [3.8, 4) is 0 Å². The Kier molecular flexibility index (Phi) is 4.63. The molecule has 0 spiro atoms. The summed E-state index contributed by atoms with van der Waals surface area (Å²) in [4.78, 5) is 11.2. The smallest absolute Gasteiger partial charge is 0.138 e. The van der Waals surface area contributed by atoms with Gasteiger partial charge in [0.1, 0.15) is 5.78 Å². The number of carbonyl (C=O) groups excluding carboxylic acids is 1. The van der Waals surface area contributed by atoms with Gasteiger partial charge in [0.15, 0.2) is 0 Å². The van der Waals surface area contributed by atoms with Gasteiger partial charge in [-0.25, -0.2) is 0 Å². The highest BCUT2D eigenvalue weighted by molar-refractivity contribution is 6.00. The van der Waals surface area contributed by atoms with Gasteiger partial charge in [0.05, 0.1) is 0 Å². The molecule has 0 aliphatic carbocycles. The maximum atomic E-state index is 11.2. The zero-order chi connectivity index (χ0) is 10.4. The van der Waals surface area contributed by atoms with E-state index in [9.17, 15) is 4.79 Å². The topological polar surface area (TPSA) is 32.7 Å². The Morgan fingerprint density at radius 3 is 2.50 bits per heavy atom. The van der Waals surface area contributed by atoms with Crippen LogP contribution in [0.3, 0.4) is 0 Å². The third kappa shape index (κ3) is 3.90. The molecule has 1 aliphatic rings. The van der Waals surface area contributed by atoms with Gasteiger partial charge in [0.2, 0.25) is 0 Å². The van der Waals surface area contributed by atoms with Crippen molar-refractivity contribution in [2.45, 2.75) is 46.0 Å². The summed E-state index contributed by atoms with van der Waals surface area (Å²) in [6.45, 7) is 5.95. The molecule has 0 N–H and O–H groups in total. The number of piperidine rings is 1. The van der Waals surface area contributed by atoms with Crippen LogP contribution < -0.4 is 0 Å². The molecular formula is C11H20N2O. The molecule has 3 nitrogen and oxygen atoms in total. The maximum Gasteiger partial charge on any atom is 0.138 e. The number of hydrogen-bond donors (Lipinski definition) is 0. The first-order valence-electron chi connectivity index (χ1n) is 5.53. The van der Waals surface area contributed by atoms with E-state index in [1.54, 1.807) is 0 Å². The van der Waals surface area contributed by atoms with Crippen LogP contribution in [0, 0.1) is 0 Å². The van der Waals surface area contributed by atoms with Crippen molar-refractivity contribution in [3.05, 3.63) is 0 Å². The van der Waals surface area contributed by atoms with Crippen LogP contribution in [0.2, 0.25) is 0 Å². The molecule has 0 radical (unpaired) electrons. The van der Waals surface area contributed by atoms with Crippen molar-refractivity contribution < 1.29 is 4.79 Å². The molecule has 0 atom stereocenters. The lowest BCUT2D eigenvalue weighted by Gasteiger charge is -2.24. The fourth-order valence-electron chi connectivity index (χ4n) is 1.66. The van der Waals surface area contributed by atoms with Crippen LogP contribution in [0.5, 0.6) is 0 Å². The third-order valence-corrected chi connectivity index (χ3v) is 2.49. The van der Waals surface area contributed by atoms with E-state index in [2.05, 4.69) is 10.1 Å². The van der Waals surface area contributed by atoms with E-state index in [0.717, 1.165) is 18.8 Å². The molecule has 14 heavy (non-hydrogen) atoms. The zero-order valence-corrected chi connectivity index (χ0v) is 9.25. The molecule has 0 unspecified atom stereocenters. The Bertz CT molecular complexity index is 217. The lowest BCUT2D eigenvalue weighted by atomic mass is 10.1. The molecule has 0 aromatic carbocycles. The Morgan fingerprint density at radius 1 is 1.29 bits per heavy atom. The summed E-state index contributed by atoms with van der Waals surface area (Å²) < 4.78 is 0. The van der Waals surface area contributed by atoms with Crippen molar-refractivity contribution in [1.29, 1.82) is 0 Å². The second kappa shape index (κ2) is 5.78. The highest BCUT2D eigenvalue weighted by Crippen LogP contribution is 2.09. The predicted molar refractivity (Wildman–Crippen MR) is 58.4 cm³/mol. The second-order valence-electron chi connectivity index (χ2n) is 3.92. The summed E-state index contributed by atoms with van der Waals surface area (Å²) in [6, 6.07) is 0. The van der Waals surface area contributed by atoms with Gasteiger partial charge in [0, 0.05) is 31.6 Å². The number of hydrazone groups is 1. The van der Waals surface area contributed by atoms with Gasteiger partial charge in [-0.15, -0.1) is 0 Å². The van der Waals surface area contributed by atoms with Gasteiger partial charge in [-0.2, -0.15) is 5.10 Å². The molecule has 80 valence electrons. The first-order valence-corrected chi connectivity index (χ1v) is 5.53. The van der Waals surface area contributed by atoms with E-state index >= 15 is 0 Å². The van der Waals surface area contributed by atoms with Gasteiger partial charge >= 0.3 is 0 Å². The molecule has 0 aromatic heterocycles. The zero-order valence-electron chi connectivity index (χ0n) is 9.25. The lowest BCUT2D eigenvalue weighted by Crippen LogP contribution is -2.26. The monoisotopic (exact) mass is 196 g/mol. The molecule has 0 saturated carbocycles. The van der Waals surface area contributed by atoms with Crippen LogP contribution in [0.15, 0.2) is 5.10 Å². The summed E-state index contributed by atoms with van der Waals surface area (Å²) in [7, 11) is 0. The predicted octanol–water partition coefficient (Wildman–Crippen LogP) is 2.22. The van der Waals surface area contributed by atoms with Crippen LogP contribution in [0.4, 0.5) is 0 Å². The van der Waals surface area contributed by atoms with Crippen molar-refractivity contribution in [1.82, 2.24) is 5.01 Å².